The molecular formula is C18H22N4O4. The zero-order chi connectivity index (χ0) is 18.8. The fraction of sp³-hybridized carbons (Fsp3) is 0.333. The second-order valence-electron chi connectivity index (χ2n) is 5.84. The summed E-state index contributed by atoms with van der Waals surface area (Å²) < 4.78 is 17.7. The lowest BCUT2D eigenvalue weighted by molar-refractivity contribution is 0.209. The molecule has 138 valence electrons. The number of fused-ring (bicyclic) bond motifs is 1. The van der Waals surface area contributed by atoms with Crippen molar-refractivity contribution in [2.24, 2.45) is 0 Å². The second kappa shape index (κ2) is 7.09. The summed E-state index contributed by atoms with van der Waals surface area (Å²) in [5, 5.41) is 18.0. The number of hydrogen-bond acceptors (Lipinski definition) is 7. The number of aliphatic hydroxyl groups is 1. The lowest BCUT2D eigenvalue weighted by Crippen LogP contribution is -2.11. The molecule has 2 aromatic heterocycles. The number of rotatable bonds is 6. The third kappa shape index (κ3) is 3.11. The molecule has 0 saturated heterocycles. The van der Waals surface area contributed by atoms with Crippen LogP contribution in [0.25, 0.3) is 5.65 Å². The van der Waals surface area contributed by atoms with E-state index < -0.39 is 6.23 Å². The highest BCUT2D eigenvalue weighted by molar-refractivity contribution is 5.63. The lowest BCUT2D eigenvalue weighted by Gasteiger charge is -2.17. The van der Waals surface area contributed by atoms with Crippen LogP contribution in [-0.4, -0.2) is 41.0 Å². The molecule has 8 nitrogen and oxygen atoms in total. The van der Waals surface area contributed by atoms with E-state index in [9.17, 15) is 5.11 Å². The van der Waals surface area contributed by atoms with E-state index in [1.165, 1.54) is 21.3 Å². The first-order chi connectivity index (χ1) is 12.5. The second-order valence-corrected chi connectivity index (χ2v) is 5.84. The van der Waals surface area contributed by atoms with Crippen molar-refractivity contribution >= 4 is 11.3 Å². The van der Waals surface area contributed by atoms with Gasteiger partial charge in [-0.25, -0.2) is 9.50 Å². The van der Waals surface area contributed by atoms with Gasteiger partial charge in [0, 0.05) is 29.2 Å². The van der Waals surface area contributed by atoms with Crippen LogP contribution >= 0.6 is 0 Å². The van der Waals surface area contributed by atoms with Crippen molar-refractivity contribution < 1.29 is 19.3 Å². The molecule has 0 bridgehead atoms. The molecule has 1 aromatic carbocycles. The van der Waals surface area contributed by atoms with Gasteiger partial charge in [-0.05, 0) is 19.9 Å². The molecule has 2 heterocycles. The quantitative estimate of drug-likeness (QED) is 0.654. The third-order valence-corrected chi connectivity index (χ3v) is 4.07. The average Bonchev–Trinajstić information content (AvgIpc) is 3.04. The highest BCUT2D eigenvalue weighted by Crippen LogP contribution is 2.40. The highest BCUT2D eigenvalue weighted by atomic mass is 16.5. The largest absolute Gasteiger partial charge is 0.493 e. The summed E-state index contributed by atoms with van der Waals surface area (Å²) in [6.45, 7) is 3.85. The monoisotopic (exact) mass is 358 g/mol. The van der Waals surface area contributed by atoms with Gasteiger partial charge in [-0.15, -0.1) is 0 Å². The van der Waals surface area contributed by atoms with Crippen LogP contribution in [0.4, 0.5) is 5.69 Å². The first-order valence-electron chi connectivity index (χ1n) is 8.05. The number of aliphatic hydroxyl groups excluding tert-OH is 1. The third-order valence-electron chi connectivity index (χ3n) is 4.07. The maximum Gasteiger partial charge on any atom is 0.203 e. The molecule has 0 saturated carbocycles. The zero-order valence-corrected chi connectivity index (χ0v) is 15.4. The fourth-order valence-electron chi connectivity index (χ4n) is 2.88. The number of methoxy groups -OCH3 is 3. The molecule has 0 aliphatic heterocycles. The Hall–Kier alpha value is -3.00. The molecule has 3 rings (SSSR count). The van der Waals surface area contributed by atoms with Gasteiger partial charge in [0.15, 0.2) is 23.4 Å². The number of aryl methyl sites for hydroxylation is 2. The van der Waals surface area contributed by atoms with Crippen LogP contribution in [0.5, 0.6) is 17.2 Å². The molecule has 0 radical (unpaired) electrons. The number of nitrogens with zero attached hydrogens (tertiary/aromatic N) is 3. The van der Waals surface area contributed by atoms with E-state index in [0.29, 0.717) is 34.1 Å². The Kier molecular flexibility index (Phi) is 4.85. The molecule has 26 heavy (non-hydrogen) atoms. The minimum Gasteiger partial charge on any atom is -0.493 e. The Balaban J connectivity index is 1.97. The number of hydrogen-bond donors (Lipinski definition) is 2. The van der Waals surface area contributed by atoms with Gasteiger partial charge < -0.3 is 24.6 Å². The first kappa shape index (κ1) is 17.8. The van der Waals surface area contributed by atoms with Gasteiger partial charge in [0.1, 0.15) is 0 Å². The Morgan fingerprint density at radius 2 is 1.69 bits per heavy atom. The van der Waals surface area contributed by atoms with Crippen LogP contribution in [0, 0.1) is 13.8 Å². The van der Waals surface area contributed by atoms with Gasteiger partial charge in [-0.1, -0.05) is 0 Å². The predicted molar refractivity (Wildman–Crippen MR) is 97.1 cm³/mol. The van der Waals surface area contributed by atoms with Gasteiger partial charge in [0.05, 0.1) is 33.1 Å². The standard InChI is InChI=1S/C18H22N4O4/c1-10-6-11(2)22-17(20-10)13(9-19-22)18(23)21-12-7-14(24-3)16(26-5)15(8-12)25-4/h6-9,18,21,23H,1-5H3. The SMILES string of the molecule is COc1cc(NC(O)c2cnn3c(C)cc(C)nc23)cc(OC)c1OC. The van der Waals surface area contributed by atoms with Crippen molar-refractivity contribution in [2.45, 2.75) is 20.1 Å². The first-order valence-corrected chi connectivity index (χ1v) is 8.05. The van der Waals surface area contributed by atoms with E-state index in [1.54, 1.807) is 22.8 Å². The lowest BCUT2D eigenvalue weighted by atomic mass is 10.2. The van der Waals surface area contributed by atoms with E-state index >= 15 is 0 Å². The summed E-state index contributed by atoms with van der Waals surface area (Å²) >= 11 is 0. The summed E-state index contributed by atoms with van der Waals surface area (Å²) in [6, 6.07) is 5.38. The number of anilines is 1. The molecule has 0 aliphatic rings. The number of ether oxygens (including phenoxy) is 3. The van der Waals surface area contributed by atoms with E-state index in [1.807, 2.05) is 19.9 Å². The van der Waals surface area contributed by atoms with Crippen molar-refractivity contribution in [1.29, 1.82) is 0 Å². The predicted octanol–water partition coefficient (Wildman–Crippen LogP) is 2.47. The Morgan fingerprint density at radius 1 is 1.04 bits per heavy atom. The minimum absolute atomic E-state index is 0.485. The maximum atomic E-state index is 10.7. The van der Waals surface area contributed by atoms with Crippen LogP contribution < -0.4 is 19.5 Å². The van der Waals surface area contributed by atoms with Crippen LogP contribution in [0.3, 0.4) is 0 Å². The Labute approximate surface area is 151 Å². The summed E-state index contributed by atoms with van der Waals surface area (Å²) in [5.74, 6) is 1.47. The minimum atomic E-state index is -1.01. The molecular weight excluding hydrogens is 336 g/mol. The van der Waals surface area contributed by atoms with E-state index in [2.05, 4.69) is 15.4 Å². The van der Waals surface area contributed by atoms with Crippen LogP contribution in [0.1, 0.15) is 23.2 Å². The number of benzene rings is 1. The normalized spacial score (nSPS) is 12.1. The smallest absolute Gasteiger partial charge is 0.203 e. The van der Waals surface area contributed by atoms with Gasteiger partial charge in [-0.2, -0.15) is 5.10 Å². The number of nitrogens with one attached hydrogen (secondary N) is 1. The van der Waals surface area contributed by atoms with Gasteiger partial charge in [-0.3, -0.25) is 0 Å². The molecule has 0 amide bonds. The summed E-state index contributed by atoms with van der Waals surface area (Å²) in [4.78, 5) is 4.49. The van der Waals surface area contributed by atoms with E-state index in [4.69, 9.17) is 14.2 Å². The zero-order valence-electron chi connectivity index (χ0n) is 15.4. The highest BCUT2D eigenvalue weighted by Gasteiger charge is 2.19. The van der Waals surface area contributed by atoms with Crippen molar-refractivity contribution in [1.82, 2.24) is 14.6 Å². The van der Waals surface area contributed by atoms with Gasteiger partial charge in [0.2, 0.25) is 5.75 Å². The molecule has 1 atom stereocenters. The Morgan fingerprint density at radius 3 is 2.27 bits per heavy atom. The Bertz CT molecular complexity index is 913. The molecule has 3 aromatic rings. The molecule has 1 unspecified atom stereocenters. The van der Waals surface area contributed by atoms with Crippen molar-refractivity contribution in [3.8, 4) is 17.2 Å². The van der Waals surface area contributed by atoms with Crippen LogP contribution in [0.15, 0.2) is 24.4 Å². The maximum absolute atomic E-state index is 10.7. The molecule has 0 aliphatic carbocycles. The van der Waals surface area contributed by atoms with Crippen molar-refractivity contribution in [3.63, 3.8) is 0 Å². The fourth-order valence-corrected chi connectivity index (χ4v) is 2.88. The molecule has 0 spiro atoms. The topological polar surface area (TPSA) is 90.1 Å². The molecule has 8 heteroatoms. The van der Waals surface area contributed by atoms with E-state index in [0.717, 1.165) is 11.4 Å². The summed E-state index contributed by atoms with van der Waals surface area (Å²) in [6.07, 6.45) is 0.591. The number of aromatic nitrogens is 3. The van der Waals surface area contributed by atoms with Gasteiger partial charge in [0.25, 0.3) is 0 Å². The van der Waals surface area contributed by atoms with Crippen LogP contribution in [-0.2, 0) is 0 Å². The van der Waals surface area contributed by atoms with Crippen LogP contribution in [0.2, 0.25) is 0 Å². The van der Waals surface area contributed by atoms with Crippen molar-refractivity contribution in [2.75, 3.05) is 26.6 Å². The molecule has 2 N–H and O–H groups in total. The molecule has 0 fully saturated rings. The summed E-state index contributed by atoms with van der Waals surface area (Å²) in [7, 11) is 4.62. The average molecular weight is 358 g/mol. The van der Waals surface area contributed by atoms with Crippen molar-refractivity contribution in [3.05, 3.63) is 41.3 Å². The summed E-state index contributed by atoms with van der Waals surface area (Å²) in [5.41, 5.74) is 3.59. The van der Waals surface area contributed by atoms with E-state index in [-0.39, 0.29) is 0 Å². The van der Waals surface area contributed by atoms with Gasteiger partial charge >= 0.3 is 0 Å².